The number of piperidine rings is 1. The number of amides is 1. The lowest BCUT2D eigenvalue weighted by molar-refractivity contribution is -0.137. The van der Waals surface area contributed by atoms with Gasteiger partial charge in [-0.25, -0.2) is 14.4 Å². The van der Waals surface area contributed by atoms with Crippen LogP contribution in [0.3, 0.4) is 0 Å². The number of benzene rings is 1. The van der Waals surface area contributed by atoms with Gasteiger partial charge >= 0.3 is 0 Å². The second-order valence-electron chi connectivity index (χ2n) is 8.84. The molecule has 0 spiro atoms. The first kappa shape index (κ1) is 22.4. The minimum absolute atomic E-state index is 0.0471. The van der Waals surface area contributed by atoms with Gasteiger partial charge in [0.05, 0.1) is 12.0 Å². The highest BCUT2D eigenvalue weighted by Crippen LogP contribution is 2.29. The van der Waals surface area contributed by atoms with E-state index in [4.69, 9.17) is 4.52 Å². The Morgan fingerprint density at radius 2 is 1.91 bits per heavy atom. The normalized spacial score (nSPS) is 20.4. The van der Waals surface area contributed by atoms with Crippen molar-refractivity contribution in [2.45, 2.75) is 31.7 Å². The molecule has 2 aliphatic heterocycles. The highest BCUT2D eigenvalue weighted by Gasteiger charge is 2.34. The first-order chi connectivity index (χ1) is 16.6. The van der Waals surface area contributed by atoms with Crippen molar-refractivity contribution in [1.29, 1.82) is 0 Å². The van der Waals surface area contributed by atoms with E-state index in [1.54, 1.807) is 30.6 Å². The van der Waals surface area contributed by atoms with Crippen molar-refractivity contribution in [2.24, 2.45) is 0 Å². The maximum absolute atomic E-state index is 13.6. The Balaban J connectivity index is 1.19. The third-order valence-electron chi connectivity index (χ3n) is 6.66. The van der Waals surface area contributed by atoms with Crippen LogP contribution in [0, 0.1) is 5.82 Å². The van der Waals surface area contributed by atoms with Gasteiger partial charge in [0.2, 0.25) is 23.6 Å². The van der Waals surface area contributed by atoms with Crippen LogP contribution in [-0.2, 0) is 4.79 Å². The van der Waals surface area contributed by atoms with E-state index >= 15 is 0 Å². The smallest absolute Gasteiger partial charge is 0.239 e. The zero-order valence-electron chi connectivity index (χ0n) is 19.2. The standard InChI is InChI=1S/C24H28FN7O2/c1-17(23(33)30-11-13-31(14-12-30)24-26-8-4-9-27-24)32-10-3-6-19(16-32)22-28-21(29-34-22)18-5-2-7-20(25)15-18/h2,4-5,7-9,15,17,19H,3,6,10-14,16H2,1H3. The summed E-state index contributed by atoms with van der Waals surface area (Å²) in [7, 11) is 0. The van der Waals surface area contributed by atoms with Crippen molar-refractivity contribution in [3.63, 3.8) is 0 Å². The Labute approximate surface area is 197 Å². The molecule has 178 valence electrons. The van der Waals surface area contributed by atoms with Crippen LogP contribution in [-0.4, -0.2) is 81.1 Å². The molecular formula is C24H28FN7O2. The van der Waals surface area contributed by atoms with E-state index in [0.717, 1.165) is 32.5 Å². The van der Waals surface area contributed by atoms with E-state index in [-0.39, 0.29) is 23.7 Å². The lowest BCUT2D eigenvalue weighted by atomic mass is 9.96. The summed E-state index contributed by atoms with van der Waals surface area (Å²) >= 11 is 0. The van der Waals surface area contributed by atoms with Gasteiger partial charge in [0.1, 0.15) is 5.82 Å². The fourth-order valence-corrected chi connectivity index (χ4v) is 4.71. The topological polar surface area (TPSA) is 91.5 Å². The lowest BCUT2D eigenvalue weighted by Crippen LogP contribution is -2.55. The third kappa shape index (κ3) is 4.77. The molecule has 2 saturated heterocycles. The van der Waals surface area contributed by atoms with Crippen molar-refractivity contribution in [2.75, 3.05) is 44.2 Å². The van der Waals surface area contributed by atoms with Crippen molar-refractivity contribution < 1.29 is 13.7 Å². The predicted molar refractivity (Wildman–Crippen MR) is 124 cm³/mol. The molecule has 10 heteroatoms. The second-order valence-corrected chi connectivity index (χ2v) is 8.84. The Morgan fingerprint density at radius 3 is 2.68 bits per heavy atom. The molecule has 2 unspecified atom stereocenters. The van der Waals surface area contributed by atoms with E-state index in [1.807, 2.05) is 11.8 Å². The van der Waals surface area contributed by atoms with Crippen LogP contribution in [0.15, 0.2) is 47.2 Å². The molecule has 4 heterocycles. The molecule has 0 radical (unpaired) electrons. The molecule has 3 aromatic rings. The van der Waals surface area contributed by atoms with Crippen molar-refractivity contribution in [1.82, 2.24) is 29.9 Å². The summed E-state index contributed by atoms with van der Waals surface area (Å²) in [5.74, 6) is 1.48. The maximum atomic E-state index is 13.6. The van der Waals surface area contributed by atoms with Crippen LogP contribution in [0.2, 0.25) is 0 Å². The van der Waals surface area contributed by atoms with Crippen LogP contribution in [0.1, 0.15) is 31.6 Å². The minimum Gasteiger partial charge on any atom is -0.339 e. The van der Waals surface area contributed by atoms with E-state index in [1.165, 1.54) is 12.1 Å². The number of aromatic nitrogens is 4. The molecule has 2 atom stereocenters. The van der Waals surface area contributed by atoms with Gasteiger partial charge in [-0.05, 0) is 44.5 Å². The first-order valence-electron chi connectivity index (χ1n) is 11.7. The molecule has 2 fully saturated rings. The number of nitrogens with zero attached hydrogens (tertiary/aromatic N) is 7. The van der Waals surface area contributed by atoms with E-state index in [2.05, 4.69) is 29.9 Å². The number of rotatable bonds is 5. The number of hydrogen-bond acceptors (Lipinski definition) is 8. The summed E-state index contributed by atoms with van der Waals surface area (Å²) in [5.41, 5.74) is 0.589. The second kappa shape index (κ2) is 9.84. The predicted octanol–water partition coefficient (Wildman–Crippen LogP) is 2.58. The monoisotopic (exact) mass is 465 g/mol. The molecule has 5 rings (SSSR count). The average molecular weight is 466 g/mol. The molecule has 0 saturated carbocycles. The van der Waals surface area contributed by atoms with Gasteiger partial charge in [0.15, 0.2) is 0 Å². The zero-order valence-corrected chi connectivity index (χ0v) is 19.2. The van der Waals surface area contributed by atoms with Crippen LogP contribution in [0.25, 0.3) is 11.4 Å². The Kier molecular flexibility index (Phi) is 6.48. The van der Waals surface area contributed by atoms with Gasteiger partial charge in [0, 0.05) is 50.7 Å². The molecule has 0 bridgehead atoms. The number of carbonyl (C=O) groups is 1. The van der Waals surface area contributed by atoms with Crippen molar-refractivity contribution in [3.05, 3.63) is 54.4 Å². The van der Waals surface area contributed by atoms with Gasteiger partial charge in [-0.3, -0.25) is 9.69 Å². The van der Waals surface area contributed by atoms with Gasteiger partial charge in [-0.15, -0.1) is 0 Å². The summed E-state index contributed by atoms with van der Waals surface area (Å²) in [6, 6.07) is 7.74. The lowest BCUT2D eigenvalue weighted by Gasteiger charge is -2.40. The van der Waals surface area contributed by atoms with Gasteiger partial charge in [0.25, 0.3) is 0 Å². The molecule has 2 aromatic heterocycles. The Morgan fingerprint density at radius 1 is 1.12 bits per heavy atom. The highest BCUT2D eigenvalue weighted by molar-refractivity contribution is 5.81. The summed E-state index contributed by atoms with van der Waals surface area (Å²) in [5, 5.41) is 4.05. The summed E-state index contributed by atoms with van der Waals surface area (Å²) in [6.45, 7) is 6.25. The van der Waals surface area contributed by atoms with Crippen LogP contribution in [0.5, 0.6) is 0 Å². The van der Waals surface area contributed by atoms with E-state index in [0.29, 0.717) is 42.9 Å². The van der Waals surface area contributed by atoms with Crippen molar-refractivity contribution >= 4 is 11.9 Å². The average Bonchev–Trinajstić information content (AvgIpc) is 3.39. The van der Waals surface area contributed by atoms with Crippen LogP contribution in [0.4, 0.5) is 10.3 Å². The Hall–Kier alpha value is -3.40. The minimum atomic E-state index is -0.336. The number of hydrogen-bond donors (Lipinski definition) is 0. The fourth-order valence-electron chi connectivity index (χ4n) is 4.71. The van der Waals surface area contributed by atoms with Crippen molar-refractivity contribution in [3.8, 4) is 11.4 Å². The number of likely N-dealkylation sites (tertiary alicyclic amines) is 1. The SMILES string of the molecule is CC(C(=O)N1CCN(c2ncccn2)CC1)N1CCCC(c2nc(-c3cccc(F)c3)no2)C1. The largest absolute Gasteiger partial charge is 0.339 e. The molecular weight excluding hydrogens is 437 g/mol. The molecule has 2 aliphatic rings. The van der Waals surface area contributed by atoms with Crippen LogP contribution < -0.4 is 4.90 Å². The molecule has 9 nitrogen and oxygen atoms in total. The van der Waals surface area contributed by atoms with Gasteiger partial charge in [-0.2, -0.15) is 4.98 Å². The van der Waals surface area contributed by atoms with E-state index in [9.17, 15) is 9.18 Å². The van der Waals surface area contributed by atoms with Gasteiger partial charge < -0.3 is 14.3 Å². The molecule has 0 N–H and O–H groups in total. The summed E-state index contributed by atoms with van der Waals surface area (Å²) < 4.78 is 19.1. The molecule has 0 aliphatic carbocycles. The first-order valence-corrected chi connectivity index (χ1v) is 11.7. The van der Waals surface area contributed by atoms with Crippen LogP contribution >= 0.6 is 0 Å². The quantitative estimate of drug-likeness (QED) is 0.568. The number of halogens is 1. The van der Waals surface area contributed by atoms with Gasteiger partial charge in [-0.1, -0.05) is 17.3 Å². The highest BCUT2D eigenvalue weighted by atomic mass is 19.1. The number of piperazine rings is 1. The third-order valence-corrected chi connectivity index (χ3v) is 6.66. The number of anilines is 1. The van der Waals surface area contributed by atoms with E-state index < -0.39 is 0 Å². The zero-order chi connectivity index (χ0) is 23.5. The summed E-state index contributed by atoms with van der Waals surface area (Å²) in [6.07, 6.45) is 5.33. The number of carbonyl (C=O) groups excluding carboxylic acids is 1. The fraction of sp³-hybridized carbons (Fsp3) is 0.458. The maximum Gasteiger partial charge on any atom is 0.239 e. The molecule has 1 amide bonds. The molecule has 34 heavy (non-hydrogen) atoms. The Bertz CT molecular complexity index is 1120. The summed E-state index contributed by atoms with van der Waals surface area (Å²) in [4.78, 5) is 32.6. The molecule has 1 aromatic carbocycles.